The summed E-state index contributed by atoms with van der Waals surface area (Å²) >= 11 is 0. The van der Waals surface area contributed by atoms with E-state index in [2.05, 4.69) is 14.2 Å². The summed E-state index contributed by atoms with van der Waals surface area (Å²) in [4.78, 5) is 11.2. The molecular formula is C10H13O3P. The number of ether oxygens (including phenoxy) is 1. The highest BCUT2D eigenvalue weighted by Crippen LogP contribution is 2.09. The average molecular weight is 212 g/mol. The van der Waals surface area contributed by atoms with Crippen molar-refractivity contribution in [1.29, 1.82) is 0 Å². The monoisotopic (exact) mass is 212 g/mol. The topological polar surface area (TPSA) is 35.5 Å². The molecule has 0 aromatic heterocycles. The van der Waals surface area contributed by atoms with Gasteiger partial charge in [0.05, 0.1) is 7.11 Å². The summed E-state index contributed by atoms with van der Waals surface area (Å²) in [5.74, 6) is -0.358. The van der Waals surface area contributed by atoms with Crippen LogP contribution in [0.3, 0.4) is 0 Å². The Morgan fingerprint density at radius 1 is 1.43 bits per heavy atom. The lowest BCUT2D eigenvalue weighted by Crippen LogP contribution is -2.24. The summed E-state index contributed by atoms with van der Waals surface area (Å²) in [5.41, 5.74) is 1.05. The fourth-order valence-corrected chi connectivity index (χ4v) is 1.35. The van der Waals surface area contributed by atoms with Crippen LogP contribution in [0, 0.1) is 0 Å². The van der Waals surface area contributed by atoms with Crippen LogP contribution in [0.2, 0.25) is 0 Å². The predicted molar refractivity (Wildman–Crippen MR) is 56.7 cm³/mol. The second-order valence-corrected chi connectivity index (χ2v) is 3.11. The van der Waals surface area contributed by atoms with Gasteiger partial charge in [0.25, 0.3) is 0 Å². The number of hydrogen-bond acceptors (Lipinski definition) is 3. The lowest BCUT2D eigenvalue weighted by Gasteiger charge is -2.11. The zero-order valence-electron chi connectivity index (χ0n) is 7.97. The maximum Gasteiger partial charge on any atom is 0.335 e. The van der Waals surface area contributed by atoms with Crippen molar-refractivity contribution >= 4 is 15.4 Å². The van der Waals surface area contributed by atoms with Gasteiger partial charge in [-0.05, 0) is 5.56 Å². The molecule has 0 saturated carbocycles. The summed E-state index contributed by atoms with van der Waals surface area (Å²) < 4.78 is 9.55. The molecule has 1 aromatic rings. The van der Waals surface area contributed by atoms with Gasteiger partial charge in [-0.25, -0.2) is 4.79 Å². The third-order valence-electron chi connectivity index (χ3n) is 1.89. The van der Waals surface area contributed by atoms with Gasteiger partial charge in [-0.2, -0.15) is 0 Å². The Hall–Kier alpha value is -0.920. The molecule has 0 bridgehead atoms. The Kier molecular flexibility index (Phi) is 4.57. The molecule has 0 amide bonds. The Balaban J connectivity index is 2.62. The summed E-state index contributed by atoms with van der Waals surface area (Å²) in [6.07, 6.45) is -0.0239. The summed E-state index contributed by atoms with van der Waals surface area (Å²) in [6, 6.07) is 9.66. The normalized spacial score (nSPS) is 12.1. The molecule has 0 fully saturated rings. The quantitative estimate of drug-likeness (QED) is 0.561. The lowest BCUT2D eigenvalue weighted by molar-refractivity contribution is -0.148. The maximum absolute atomic E-state index is 11.2. The van der Waals surface area contributed by atoms with Crippen molar-refractivity contribution in [2.45, 2.75) is 12.5 Å². The molecule has 2 atom stereocenters. The first kappa shape index (κ1) is 11.2. The van der Waals surface area contributed by atoms with E-state index in [9.17, 15) is 4.79 Å². The van der Waals surface area contributed by atoms with E-state index in [-0.39, 0.29) is 5.97 Å². The lowest BCUT2D eigenvalue weighted by atomic mass is 10.1. The Labute approximate surface area is 85.7 Å². The third kappa shape index (κ3) is 3.09. The van der Waals surface area contributed by atoms with Crippen LogP contribution in [0.1, 0.15) is 5.56 Å². The van der Waals surface area contributed by atoms with Crippen LogP contribution in [0.4, 0.5) is 0 Å². The van der Waals surface area contributed by atoms with Crippen molar-refractivity contribution < 1.29 is 14.1 Å². The van der Waals surface area contributed by atoms with Gasteiger partial charge >= 0.3 is 5.97 Å². The molecule has 1 rings (SSSR count). The van der Waals surface area contributed by atoms with E-state index >= 15 is 0 Å². The Morgan fingerprint density at radius 3 is 2.57 bits per heavy atom. The molecule has 0 spiro atoms. The molecule has 0 heterocycles. The van der Waals surface area contributed by atoms with E-state index in [1.165, 1.54) is 7.11 Å². The summed E-state index contributed by atoms with van der Waals surface area (Å²) in [7, 11) is 3.44. The zero-order chi connectivity index (χ0) is 10.4. The standard InChI is InChI=1S/C10H13O3P/c1-12-10(11)9(13-14)7-8-5-3-2-4-6-8/h2-6,9H,7,14H2,1H3/t9-/m0/s1. The van der Waals surface area contributed by atoms with Gasteiger partial charge in [0.15, 0.2) is 6.10 Å². The SMILES string of the molecule is COC(=O)[C@H](Cc1ccccc1)OP. The first-order valence-electron chi connectivity index (χ1n) is 4.25. The minimum absolute atomic E-state index is 0.358. The van der Waals surface area contributed by atoms with Crippen molar-refractivity contribution in [2.24, 2.45) is 0 Å². The molecular weight excluding hydrogens is 199 g/mol. The third-order valence-corrected chi connectivity index (χ3v) is 2.22. The number of carbonyl (C=O) groups is 1. The van der Waals surface area contributed by atoms with Gasteiger partial charge < -0.3 is 9.26 Å². The minimum atomic E-state index is -0.549. The van der Waals surface area contributed by atoms with Crippen LogP contribution in [-0.2, 0) is 20.5 Å². The molecule has 0 saturated heterocycles. The van der Waals surface area contributed by atoms with Gasteiger partial charge in [-0.15, -0.1) is 0 Å². The highest BCUT2D eigenvalue weighted by atomic mass is 31.0. The van der Waals surface area contributed by atoms with E-state index in [0.717, 1.165) is 5.56 Å². The molecule has 4 heteroatoms. The van der Waals surface area contributed by atoms with Crippen molar-refractivity contribution in [3.63, 3.8) is 0 Å². The van der Waals surface area contributed by atoms with E-state index < -0.39 is 6.10 Å². The van der Waals surface area contributed by atoms with Crippen molar-refractivity contribution in [3.8, 4) is 0 Å². The first-order valence-corrected chi connectivity index (χ1v) is 4.72. The predicted octanol–water partition coefficient (Wildman–Crippen LogP) is 1.58. The van der Waals surface area contributed by atoms with Crippen molar-refractivity contribution in [3.05, 3.63) is 35.9 Å². The van der Waals surface area contributed by atoms with Crippen LogP contribution in [0.25, 0.3) is 0 Å². The molecule has 1 aromatic carbocycles. The van der Waals surface area contributed by atoms with Crippen LogP contribution < -0.4 is 0 Å². The summed E-state index contributed by atoms with van der Waals surface area (Å²) in [5, 5.41) is 0. The molecule has 0 aliphatic rings. The molecule has 76 valence electrons. The molecule has 0 N–H and O–H groups in total. The fourth-order valence-electron chi connectivity index (χ4n) is 1.15. The molecule has 0 radical (unpaired) electrons. The van der Waals surface area contributed by atoms with Crippen LogP contribution in [0.5, 0.6) is 0 Å². The number of carbonyl (C=O) groups excluding carboxylic acids is 1. The Morgan fingerprint density at radius 2 is 2.07 bits per heavy atom. The smallest absolute Gasteiger partial charge is 0.335 e. The molecule has 0 aliphatic heterocycles. The Bertz CT molecular complexity index is 287. The van der Waals surface area contributed by atoms with Crippen molar-refractivity contribution in [2.75, 3.05) is 7.11 Å². The van der Waals surface area contributed by atoms with Crippen molar-refractivity contribution in [1.82, 2.24) is 0 Å². The summed E-state index contributed by atoms with van der Waals surface area (Å²) in [6.45, 7) is 0. The first-order chi connectivity index (χ1) is 6.77. The van der Waals surface area contributed by atoms with Crippen LogP contribution in [0.15, 0.2) is 30.3 Å². The van der Waals surface area contributed by atoms with E-state index in [1.807, 2.05) is 30.3 Å². The van der Waals surface area contributed by atoms with Gasteiger partial charge in [0.2, 0.25) is 0 Å². The van der Waals surface area contributed by atoms with Gasteiger partial charge in [0, 0.05) is 15.9 Å². The molecule has 14 heavy (non-hydrogen) atoms. The highest BCUT2D eigenvalue weighted by molar-refractivity contribution is 7.09. The maximum atomic E-state index is 11.2. The average Bonchev–Trinajstić information content (AvgIpc) is 2.26. The number of hydrogen-bond donors (Lipinski definition) is 0. The minimum Gasteiger partial charge on any atom is -0.467 e. The van der Waals surface area contributed by atoms with E-state index in [1.54, 1.807) is 0 Å². The van der Waals surface area contributed by atoms with Gasteiger partial charge in [-0.3, -0.25) is 0 Å². The molecule has 1 unspecified atom stereocenters. The number of rotatable bonds is 4. The number of benzene rings is 1. The fraction of sp³-hybridized carbons (Fsp3) is 0.300. The van der Waals surface area contributed by atoms with E-state index in [0.29, 0.717) is 6.42 Å². The van der Waals surface area contributed by atoms with Crippen LogP contribution in [-0.4, -0.2) is 19.2 Å². The number of methoxy groups -OCH3 is 1. The zero-order valence-corrected chi connectivity index (χ0v) is 9.13. The second-order valence-electron chi connectivity index (χ2n) is 2.84. The van der Waals surface area contributed by atoms with E-state index in [4.69, 9.17) is 4.52 Å². The van der Waals surface area contributed by atoms with Crippen LogP contribution >= 0.6 is 9.47 Å². The largest absolute Gasteiger partial charge is 0.467 e. The number of esters is 1. The van der Waals surface area contributed by atoms with Gasteiger partial charge in [-0.1, -0.05) is 30.3 Å². The molecule has 0 aliphatic carbocycles. The van der Waals surface area contributed by atoms with Gasteiger partial charge in [0.1, 0.15) is 0 Å². The highest BCUT2D eigenvalue weighted by Gasteiger charge is 2.18. The molecule has 3 nitrogen and oxygen atoms in total. The second kappa shape index (κ2) is 5.74.